The molecule has 1 aromatic carbocycles. The maximum atomic E-state index is 12.9. The Labute approximate surface area is 141 Å². The molecule has 1 aliphatic heterocycles. The molecule has 3 rings (SSSR count). The second-order valence-corrected chi connectivity index (χ2v) is 6.68. The number of ether oxygens (including phenoxy) is 1. The van der Waals surface area contributed by atoms with Gasteiger partial charge in [0.15, 0.2) is 0 Å². The molecule has 5 heteroatoms. The third-order valence-corrected chi connectivity index (χ3v) is 4.92. The lowest BCUT2D eigenvalue weighted by atomic mass is 9.98. The zero-order valence-electron chi connectivity index (χ0n) is 13.0. The van der Waals surface area contributed by atoms with E-state index in [0.29, 0.717) is 24.0 Å². The van der Waals surface area contributed by atoms with Gasteiger partial charge in [0, 0.05) is 11.4 Å². The summed E-state index contributed by atoms with van der Waals surface area (Å²) in [4.78, 5) is 14.8. The van der Waals surface area contributed by atoms with Crippen molar-refractivity contribution in [2.45, 2.75) is 37.5 Å². The summed E-state index contributed by atoms with van der Waals surface area (Å²) in [5.74, 6) is 0.336. The number of aliphatic hydroxyl groups excluding tert-OH is 1. The van der Waals surface area contributed by atoms with E-state index in [4.69, 9.17) is 16.3 Å². The van der Waals surface area contributed by atoms with Crippen LogP contribution in [0, 0.1) is 5.92 Å². The van der Waals surface area contributed by atoms with Crippen molar-refractivity contribution in [1.82, 2.24) is 4.90 Å². The van der Waals surface area contributed by atoms with Crippen molar-refractivity contribution in [3.05, 3.63) is 47.5 Å². The number of amides is 1. The van der Waals surface area contributed by atoms with Gasteiger partial charge in [0.2, 0.25) is 0 Å². The smallest absolute Gasteiger partial charge is 0.252 e. The summed E-state index contributed by atoms with van der Waals surface area (Å²) < 4.78 is 5.78. The Morgan fingerprint density at radius 2 is 2.09 bits per heavy atom. The molecular formula is C18H22ClNO3. The van der Waals surface area contributed by atoms with Crippen molar-refractivity contribution in [2.75, 3.05) is 13.2 Å². The van der Waals surface area contributed by atoms with Gasteiger partial charge in [-0.05, 0) is 36.5 Å². The Kier molecular flexibility index (Phi) is 5.05. The van der Waals surface area contributed by atoms with Crippen LogP contribution in [0.3, 0.4) is 0 Å². The van der Waals surface area contributed by atoms with Crippen LogP contribution < -0.4 is 0 Å². The van der Waals surface area contributed by atoms with E-state index in [1.807, 2.05) is 29.2 Å². The lowest BCUT2D eigenvalue weighted by Crippen LogP contribution is -2.55. The van der Waals surface area contributed by atoms with Crippen LogP contribution in [0.1, 0.15) is 30.9 Å². The molecule has 3 atom stereocenters. The molecule has 1 aliphatic carbocycles. The molecule has 1 saturated heterocycles. The van der Waals surface area contributed by atoms with E-state index in [1.165, 1.54) is 0 Å². The summed E-state index contributed by atoms with van der Waals surface area (Å²) in [6, 6.07) is 7.16. The number of carbonyl (C=O) groups excluding carboxylic acids is 1. The quantitative estimate of drug-likeness (QED) is 0.813. The van der Waals surface area contributed by atoms with E-state index in [1.54, 1.807) is 6.08 Å². The summed E-state index contributed by atoms with van der Waals surface area (Å²) in [5, 5.41) is 10.5. The first-order valence-corrected chi connectivity index (χ1v) is 8.44. The van der Waals surface area contributed by atoms with Gasteiger partial charge in [0.05, 0.1) is 25.3 Å². The predicted molar refractivity (Wildman–Crippen MR) is 89.2 cm³/mol. The second-order valence-electron chi connectivity index (χ2n) is 6.25. The number of hydrogen-bond acceptors (Lipinski definition) is 3. The average molecular weight is 336 g/mol. The highest BCUT2D eigenvalue weighted by Crippen LogP contribution is 2.40. The van der Waals surface area contributed by atoms with Gasteiger partial charge in [-0.3, -0.25) is 4.79 Å². The normalized spacial score (nSPS) is 26.2. The summed E-state index contributed by atoms with van der Waals surface area (Å²) in [6.07, 6.45) is 3.83. The summed E-state index contributed by atoms with van der Waals surface area (Å²) >= 11 is 5.97. The molecule has 4 nitrogen and oxygen atoms in total. The van der Waals surface area contributed by atoms with Gasteiger partial charge in [0.1, 0.15) is 6.10 Å². The number of aliphatic hydroxyl groups is 1. The van der Waals surface area contributed by atoms with Crippen molar-refractivity contribution < 1.29 is 14.6 Å². The van der Waals surface area contributed by atoms with Crippen LogP contribution in [0.4, 0.5) is 0 Å². The number of hydrogen-bond donors (Lipinski definition) is 1. The van der Waals surface area contributed by atoms with Crippen LogP contribution in [0.5, 0.6) is 0 Å². The number of morpholine rings is 1. The van der Waals surface area contributed by atoms with Crippen molar-refractivity contribution in [1.29, 1.82) is 0 Å². The van der Waals surface area contributed by atoms with Gasteiger partial charge in [-0.2, -0.15) is 0 Å². The molecule has 3 unspecified atom stereocenters. The van der Waals surface area contributed by atoms with E-state index in [0.717, 1.165) is 18.4 Å². The van der Waals surface area contributed by atoms with Gasteiger partial charge in [0.25, 0.3) is 5.91 Å². The first-order chi connectivity index (χ1) is 11.2. The molecule has 1 aromatic rings. The molecule has 124 valence electrons. The monoisotopic (exact) mass is 335 g/mol. The topological polar surface area (TPSA) is 49.8 Å². The predicted octanol–water partition coefficient (Wildman–Crippen LogP) is 2.96. The third-order valence-electron chi connectivity index (χ3n) is 4.67. The van der Waals surface area contributed by atoms with E-state index >= 15 is 0 Å². The fourth-order valence-electron chi connectivity index (χ4n) is 3.28. The number of nitrogens with zero attached hydrogens (tertiary/aromatic N) is 1. The molecule has 2 fully saturated rings. The van der Waals surface area contributed by atoms with E-state index in [9.17, 15) is 9.90 Å². The highest BCUT2D eigenvalue weighted by molar-refractivity contribution is 6.30. The average Bonchev–Trinajstić information content (AvgIpc) is 3.38. The Balaban J connectivity index is 1.91. The van der Waals surface area contributed by atoms with Crippen molar-refractivity contribution in [3.8, 4) is 0 Å². The van der Waals surface area contributed by atoms with Crippen molar-refractivity contribution >= 4 is 17.5 Å². The molecule has 0 aromatic heterocycles. The fourth-order valence-corrected chi connectivity index (χ4v) is 3.41. The number of rotatable bonds is 6. The SMILES string of the molecule is C=CCC1OCC(c2ccc(Cl)cc2)N(C(CO)C2CC2)C1=O. The van der Waals surface area contributed by atoms with Gasteiger partial charge in [-0.15, -0.1) is 6.58 Å². The van der Waals surface area contributed by atoms with Gasteiger partial charge < -0.3 is 14.7 Å². The number of carbonyl (C=O) groups is 1. The molecule has 0 bridgehead atoms. The minimum atomic E-state index is -0.496. The van der Waals surface area contributed by atoms with Crippen molar-refractivity contribution in [3.63, 3.8) is 0 Å². The molecule has 1 amide bonds. The minimum absolute atomic E-state index is 0.0126. The zero-order chi connectivity index (χ0) is 16.4. The standard InChI is InChI=1S/C18H22ClNO3/c1-2-3-17-18(22)20(15(10-21)12-4-5-12)16(11-23-17)13-6-8-14(19)9-7-13/h2,6-9,12,15-17,21H,1,3-5,10-11H2. The Morgan fingerprint density at radius 3 is 2.65 bits per heavy atom. The lowest BCUT2D eigenvalue weighted by Gasteiger charge is -2.43. The highest BCUT2D eigenvalue weighted by Gasteiger charge is 2.45. The van der Waals surface area contributed by atoms with E-state index < -0.39 is 6.10 Å². The van der Waals surface area contributed by atoms with Crippen LogP contribution >= 0.6 is 11.6 Å². The molecule has 0 radical (unpaired) electrons. The summed E-state index contributed by atoms with van der Waals surface area (Å²) in [6.45, 7) is 4.11. The fraction of sp³-hybridized carbons (Fsp3) is 0.500. The van der Waals surface area contributed by atoms with Crippen LogP contribution in [-0.2, 0) is 9.53 Å². The van der Waals surface area contributed by atoms with Crippen LogP contribution in [0.25, 0.3) is 0 Å². The van der Waals surface area contributed by atoms with E-state index in [2.05, 4.69) is 6.58 Å². The largest absolute Gasteiger partial charge is 0.394 e. The maximum absolute atomic E-state index is 12.9. The summed E-state index contributed by atoms with van der Waals surface area (Å²) in [7, 11) is 0. The Hall–Kier alpha value is -1.36. The minimum Gasteiger partial charge on any atom is -0.394 e. The number of halogens is 1. The summed E-state index contributed by atoms with van der Waals surface area (Å²) in [5.41, 5.74) is 0.985. The molecule has 1 N–H and O–H groups in total. The molecule has 2 aliphatic rings. The molecule has 1 heterocycles. The van der Waals surface area contributed by atoms with Crippen LogP contribution in [0.2, 0.25) is 5.02 Å². The number of benzene rings is 1. The van der Waals surface area contributed by atoms with Gasteiger partial charge in [-0.25, -0.2) is 0 Å². The lowest BCUT2D eigenvalue weighted by molar-refractivity contribution is -0.166. The van der Waals surface area contributed by atoms with Gasteiger partial charge in [-0.1, -0.05) is 29.8 Å². The Bertz CT molecular complexity index is 570. The molecule has 0 spiro atoms. The molecular weight excluding hydrogens is 314 g/mol. The second kappa shape index (κ2) is 7.04. The van der Waals surface area contributed by atoms with E-state index in [-0.39, 0.29) is 24.6 Å². The first kappa shape index (κ1) is 16.5. The maximum Gasteiger partial charge on any atom is 0.252 e. The Morgan fingerprint density at radius 1 is 1.39 bits per heavy atom. The first-order valence-electron chi connectivity index (χ1n) is 8.06. The third kappa shape index (κ3) is 3.44. The van der Waals surface area contributed by atoms with Crippen molar-refractivity contribution in [2.24, 2.45) is 5.92 Å². The molecule has 23 heavy (non-hydrogen) atoms. The highest BCUT2D eigenvalue weighted by atomic mass is 35.5. The van der Waals surface area contributed by atoms with Gasteiger partial charge >= 0.3 is 0 Å². The zero-order valence-corrected chi connectivity index (χ0v) is 13.8. The molecule has 1 saturated carbocycles. The van der Waals surface area contributed by atoms with Crippen LogP contribution in [0.15, 0.2) is 36.9 Å². The van der Waals surface area contributed by atoms with Crippen LogP contribution in [-0.4, -0.2) is 41.3 Å².